The number of carbonyl (C=O) groups is 2. The van der Waals surface area contributed by atoms with E-state index in [2.05, 4.69) is 24.3 Å². The Morgan fingerprint density at radius 1 is 0.622 bits per heavy atom. The van der Waals surface area contributed by atoms with Crippen molar-refractivity contribution in [2.24, 2.45) is 0 Å². The van der Waals surface area contributed by atoms with Gasteiger partial charge in [0.15, 0.2) is 11.2 Å². The Bertz CT molecular complexity index is 1370. The standard InChI is InChI=1S/C32H32O5/c1-17-13-19(3)25(20(4)14-17)31-23-11-9-10-12-24(23)32(37-31,26-21(5)15-18(2)16-22(26)6)28(30(34)36-8)27(31)29(33)35-7/h9-16H,1-8H3. The van der Waals surface area contributed by atoms with E-state index in [1.807, 2.05) is 65.8 Å². The molecule has 5 rings (SSSR count). The molecule has 3 aromatic carbocycles. The topological polar surface area (TPSA) is 61.8 Å². The second-order valence-corrected chi connectivity index (χ2v) is 10.3. The summed E-state index contributed by atoms with van der Waals surface area (Å²) < 4.78 is 18.0. The zero-order chi connectivity index (χ0) is 26.9. The van der Waals surface area contributed by atoms with E-state index in [1.54, 1.807) is 0 Å². The molecule has 0 aliphatic carbocycles. The molecule has 0 saturated heterocycles. The highest BCUT2D eigenvalue weighted by Gasteiger charge is 2.70. The number of hydrogen-bond donors (Lipinski definition) is 0. The predicted molar refractivity (Wildman–Crippen MR) is 141 cm³/mol. The van der Waals surface area contributed by atoms with Crippen LogP contribution in [0.2, 0.25) is 0 Å². The number of hydrogen-bond acceptors (Lipinski definition) is 5. The Morgan fingerprint density at radius 3 is 1.24 bits per heavy atom. The lowest BCUT2D eigenvalue weighted by Gasteiger charge is -2.32. The lowest BCUT2D eigenvalue weighted by Crippen LogP contribution is -2.36. The fraction of sp³-hybridized carbons (Fsp3) is 0.312. The van der Waals surface area contributed by atoms with Crippen molar-refractivity contribution in [2.75, 3.05) is 14.2 Å². The summed E-state index contributed by atoms with van der Waals surface area (Å²) in [6, 6.07) is 16.2. The highest BCUT2D eigenvalue weighted by Crippen LogP contribution is 2.67. The quantitative estimate of drug-likeness (QED) is 0.433. The fourth-order valence-electron chi connectivity index (χ4n) is 6.95. The smallest absolute Gasteiger partial charge is 0.338 e. The van der Waals surface area contributed by atoms with E-state index >= 15 is 0 Å². The number of aryl methyl sites for hydroxylation is 6. The van der Waals surface area contributed by atoms with Crippen LogP contribution in [-0.4, -0.2) is 26.2 Å². The molecule has 190 valence electrons. The SMILES string of the molecule is COC(=O)C1=C(C(=O)OC)C2(c3c(C)cc(C)cc3C)OC1(c1c(C)cc(C)cc1C)c1ccccc12. The van der Waals surface area contributed by atoms with Gasteiger partial charge in [0.05, 0.1) is 25.4 Å². The van der Waals surface area contributed by atoms with E-state index in [4.69, 9.17) is 14.2 Å². The highest BCUT2D eigenvalue weighted by molar-refractivity contribution is 6.08. The lowest BCUT2D eigenvalue weighted by molar-refractivity contribution is -0.139. The first-order valence-corrected chi connectivity index (χ1v) is 12.4. The molecule has 0 aromatic heterocycles. The molecule has 2 aliphatic heterocycles. The third kappa shape index (κ3) is 3.13. The molecular weight excluding hydrogens is 464 g/mol. The van der Waals surface area contributed by atoms with Gasteiger partial charge in [0.2, 0.25) is 0 Å². The molecular formula is C32H32O5. The van der Waals surface area contributed by atoms with E-state index in [0.717, 1.165) is 55.6 Å². The van der Waals surface area contributed by atoms with Crippen LogP contribution in [0.15, 0.2) is 59.7 Å². The molecule has 3 aromatic rings. The van der Waals surface area contributed by atoms with Crippen molar-refractivity contribution < 1.29 is 23.8 Å². The van der Waals surface area contributed by atoms with Gasteiger partial charge in [-0.25, -0.2) is 9.59 Å². The molecule has 5 nitrogen and oxygen atoms in total. The average Bonchev–Trinajstić information content (AvgIpc) is 3.29. The maximum atomic E-state index is 13.7. The molecule has 37 heavy (non-hydrogen) atoms. The number of ether oxygens (including phenoxy) is 3. The maximum absolute atomic E-state index is 13.7. The fourth-order valence-corrected chi connectivity index (χ4v) is 6.95. The zero-order valence-corrected chi connectivity index (χ0v) is 22.7. The normalized spacial score (nSPS) is 21.7. The molecule has 2 unspecified atom stereocenters. The first kappa shape index (κ1) is 25.0. The average molecular weight is 497 g/mol. The number of esters is 2. The van der Waals surface area contributed by atoms with Crippen molar-refractivity contribution in [3.05, 3.63) is 115 Å². The number of fused-ring (bicyclic) bond motifs is 5. The summed E-state index contributed by atoms with van der Waals surface area (Å²) >= 11 is 0. The van der Waals surface area contributed by atoms with Crippen molar-refractivity contribution in [1.29, 1.82) is 0 Å². The van der Waals surface area contributed by atoms with Crippen LogP contribution in [0, 0.1) is 41.5 Å². The summed E-state index contributed by atoms with van der Waals surface area (Å²) in [4.78, 5) is 27.5. The molecule has 2 atom stereocenters. The van der Waals surface area contributed by atoms with Crippen LogP contribution >= 0.6 is 0 Å². The molecule has 0 amide bonds. The number of methoxy groups -OCH3 is 2. The molecule has 2 aliphatic rings. The van der Waals surface area contributed by atoms with E-state index in [1.165, 1.54) is 14.2 Å². The van der Waals surface area contributed by atoms with Gasteiger partial charge in [-0.15, -0.1) is 0 Å². The van der Waals surface area contributed by atoms with Crippen molar-refractivity contribution >= 4 is 11.9 Å². The summed E-state index contributed by atoms with van der Waals surface area (Å²) in [7, 11) is 2.67. The number of rotatable bonds is 4. The van der Waals surface area contributed by atoms with Crippen molar-refractivity contribution in [1.82, 2.24) is 0 Å². The van der Waals surface area contributed by atoms with Crippen LogP contribution in [-0.2, 0) is 35.0 Å². The minimum Gasteiger partial charge on any atom is -0.466 e. The Balaban J connectivity index is 2.05. The van der Waals surface area contributed by atoms with Gasteiger partial charge in [0.1, 0.15) is 0 Å². The molecule has 5 heteroatoms. The number of carbonyl (C=O) groups excluding carboxylic acids is 2. The van der Waals surface area contributed by atoms with Gasteiger partial charge in [-0.1, -0.05) is 59.7 Å². The van der Waals surface area contributed by atoms with Gasteiger partial charge in [-0.05, 0) is 86.1 Å². The maximum Gasteiger partial charge on any atom is 0.338 e. The van der Waals surface area contributed by atoms with Crippen LogP contribution in [0.1, 0.15) is 55.6 Å². The molecule has 0 spiro atoms. The summed E-state index contributed by atoms with van der Waals surface area (Å²) in [5.74, 6) is -1.22. The molecule has 0 N–H and O–H groups in total. The third-order valence-electron chi connectivity index (χ3n) is 7.78. The van der Waals surface area contributed by atoms with Gasteiger partial charge in [-0.3, -0.25) is 0 Å². The Labute approximate surface area is 218 Å². The second-order valence-electron chi connectivity index (χ2n) is 10.3. The highest BCUT2D eigenvalue weighted by atomic mass is 16.6. The van der Waals surface area contributed by atoms with Crippen molar-refractivity contribution in [2.45, 2.75) is 52.7 Å². The Morgan fingerprint density at radius 2 is 0.946 bits per heavy atom. The Hall–Kier alpha value is -3.70. The van der Waals surface area contributed by atoms with Gasteiger partial charge < -0.3 is 14.2 Å². The van der Waals surface area contributed by atoms with Gasteiger partial charge >= 0.3 is 11.9 Å². The molecule has 0 fully saturated rings. The van der Waals surface area contributed by atoms with Crippen molar-refractivity contribution in [3.8, 4) is 0 Å². The number of benzene rings is 3. The molecule has 2 heterocycles. The van der Waals surface area contributed by atoms with E-state index in [-0.39, 0.29) is 11.1 Å². The van der Waals surface area contributed by atoms with E-state index in [0.29, 0.717) is 0 Å². The van der Waals surface area contributed by atoms with E-state index in [9.17, 15) is 9.59 Å². The largest absolute Gasteiger partial charge is 0.466 e. The summed E-state index contributed by atoms with van der Waals surface area (Å²) in [5, 5.41) is 0. The third-order valence-corrected chi connectivity index (χ3v) is 7.78. The van der Waals surface area contributed by atoms with Crippen LogP contribution in [0.4, 0.5) is 0 Å². The minimum atomic E-state index is -1.35. The summed E-state index contributed by atoms with van der Waals surface area (Å²) in [6.45, 7) is 12.2. The van der Waals surface area contributed by atoms with Crippen LogP contribution in [0.5, 0.6) is 0 Å². The first-order valence-electron chi connectivity index (χ1n) is 12.4. The monoisotopic (exact) mass is 496 g/mol. The van der Waals surface area contributed by atoms with Gasteiger partial charge in [-0.2, -0.15) is 0 Å². The predicted octanol–water partition coefficient (Wildman–Crippen LogP) is 5.71. The van der Waals surface area contributed by atoms with E-state index < -0.39 is 23.1 Å². The lowest BCUT2D eigenvalue weighted by atomic mass is 9.65. The summed E-state index contributed by atoms with van der Waals surface area (Å²) in [5.41, 5.74) is 7.07. The van der Waals surface area contributed by atoms with Crippen LogP contribution in [0.25, 0.3) is 0 Å². The Kier molecular flexibility index (Phi) is 5.68. The molecule has 0 saturated carbocycles. The van der Waals surface area contributed by atoms with Crippen LogP contribution < -0.4 is 0 Å². The van der Waals surface area contributed by atoms with Gasteiger partial charge in [0, 0.05) is 0 Å². The van der Waals surface area contributed by atoms with Gasteiger partial charge in [0.25, 0.3) is 0 Å². The van der Waals surface area contributed by atoms with Crippen LogP contribution in [0.3, 0.4) is 0 Å². The minimum absolute atomic E-state index is 0.176. The molecule has 2 bridgehead atoms. The second kappa shape index (κ2) is 8.42. The molecule has 0 radical (unpaired) electrons. The summed E-state index contributed by atoms with van der Waals surface area (Å²) in [6.07, 6.45) is 0. The zero-order valence-electron chi connectivity index (χ0n) is 22.7. The first-order chi connectivity index (χ1) is 17.5. The van der Waals surface area contributed by atoms with Crippen molar-refractivity contribution in [3.63, 3.8) is 0 Å².